The zero-order chi connectivity index (χ0) is 22.2. The lowest BCUT2D eigenvalue weighted by Crippen LogP contribution is -2.13. The number of aromatic nitrogens is 2. The molecule has 8 heteroatoms. The number of ether oxygens (including phenoxy) is 3. The average molecular weight is 442 g/mol. The van der Waals surface area contributed by atoms with Crippen molar-refractivity contribution >= 4 is 23.2 Å². The Morgan fingerprint density at radius 1 is 1.10 bits per heavy atom. The maximum atomic E-state index is 12.9. The molecule has 7 nitrogen and oxygen atoms in total. The molecule has 0 bridgehead atoms. The number of amides is 1. The number of halogens is 1. The highest BCUT2D eigenvalue weighted by atomic mass is 35.5. The molecule has 0 aliphatic rings. The molecule has 0 radical (unpaired) electrons. The smallest absolute Gasteiger partial charge is 0.321 e. The van der Waals surface area contributed by atoms with E-state index in [0.29, 0.717) is 46.7 Å². The molecule has 0 saturated carbocycles. The van der Waals surface area contributed by atoms with Gasteiger partial charge < -0.3 is 19.5 Å². The van der Waals surface area contributed by atoms with Gasteiger partial charge in [0.2, 0.25) is 0 Å². The van der Waals surface area contributed by atoms with E-state index in [9.17, 15) is 4.79 Å². The Balaban J connectivity index is 1.77. The van der Waals surface area contributed by atoms with E-state index in [4.69, 9.17) is 25.8 Å². The van der Waals surface area contributed by atoms with Crippen molar-refractivity contribution < 1.29 is 19.0 Å². The highest BCUT2D eigenvalue weighted by Crippen LogP contribution is 2.37. The van der Waals surface area contributed by atoms with E-state index >= 15 is 0 Å². The predicted octanol–water partition coefficient (Wildman–Crippen LogP) is 5.67. The third-order valence-electron chi connectivity index (χ3n) is 4.22. The number of anilines is 1. The van der Waals surface area contributed by atoms with Crippen molar-refractivity contribution in [1.82, 2.24) is 9.97 Å². The van der Waals surface area contributed by atoms with Gasteiger partial charge in [0.15, 0.2) is 11.5 Å². The van der Waals surface area contributed by atoms with Crippen molar-refractivity contribution in [1.29, 1.82) is 0 Å². The van der Waals surface area contributed by atoms with E-state index in [-0.39, 0.29) is 11.9 Å². The molecule has 1 amide bonds. The first-order chi connectivity index (χ1) is 15.0. The van der Waals surface area contributed by atoms with Crippen LogP contribution < -0.4 is 19.5 Å². The summed E-state index contributed by atoms with van der Waals surface area (Å²) in [6.45, 7) is 6.66. The lowest BCUT2D eigenvalue weighted by atomic mass is 10.1. The number of nitrogens with one attached hydrogen (secondary N) is 1. The minimum absolute atomic E-state index is 0.252. The molecule has 2 aromatic carbocycles. The monoisotopic (exact) mass is 441 g/mol. The summed E-state index contributed by atoms with van der Waals surface area (Å²) in [6.07, 6.45) is 4.04. The molecule has 0 unspecified atom stereocenters. The average Bonchev–Trinajstić information content (AvgIpc) is 2.76. The van der Waals surface area contributed by atoms with Crippen LogP contribution in [0.2, 0.25) is 5.02 Å². The van der Waals surface area contributed by atoms with E-state index in [1.165, 1.54) is 0 Å². The third-order valence-corrected chi connectivity index (χ3v) is 4.50. The maximum Gasteiger partial charge on any atom is 0.321 e. The van der Waals surface area contributed by atoms with E-state index in [1.54, 1.807) is 48.8 Å². The SMILES string of the molecule is CCCOc1c(Cl)cc(C(=O)Nc2ccc(Oc3ncccn3)cc2C)cc1OCC. The van der Waals surface area contributed by atoms with E-state index < -0.39 is 0 Å². The topological polar surface area (TPSA) is 82.6 Å². The van der Waals surface area contributed by atoms with Gasteiger partial charge in [-0.15, -0.1) is 0 Å². The van der Waals surface area contributed by atoms with Gasteiger partial charge in [0.25, 0.3) is 5.91 Å². The summed E-state index contributed by atoms with van der Waals surface area (Å²) >= 11 is 6.37. The quantitative estimate of drug-likeness (QED) is 0.460. The van der Waals surface area contributed by atoms with Crippen LogP contribution in [-0.2, 0) is 0 Å². The van der Waals surface area contributed by atoms with Crippen LogP contribution in [0.5, 0.6) is 23.3 Å². The van der Waals surface area contributed by atoms with E-state index in [2.05, 4.69) is 15.3 Å². The second kappa shape index (κ2) is 10.6. The first kappa shape index (κ1) is 22.4. The van der Waals surface area contributed by atoms with Gasteiger partial charge in [-0.05, 0) is 62.2 Å². The summed E-state index contributed by atoms with van der Waals surface area (Å²) in [5.41, 5.74) is 1.84. The van der Waals surface area contributed by atoms with Gasteiger partial charge in [-0.3, -0.25) is 4.79 Å². The van der Waals surface area contributed by atoms with Crippen molar-refractivity contribution in [2.45, 2.75) is 27.2 Å². The fourth-order valence-corrected chi connectivity index (χ4v) is 3.05. The Kier molecular flexibility index (Phi) is 7.67. The predicted molar refractivity (Wildman–Crippen MR) is 120 cm³/mol. The lowest BCUT2D eigenvalue weighted by Gasteiger charge is -2.15. The number of carbonyl (C=O) groups excluding carboxylic acids is 1. The van der Waals surface area contributed by atoms with Gasteiger partial charge in [0, 0.05) is 23.6 Å². The highest BCUT2D eigenvalue weighted by Gasteiger charge is 2.17. The number of rotatable bonds is 9. The van der Waals surface area contributed by atoms with Gasteiger partial charge >= 0.3 is 6.01 Å². The molecule has 0 aliphatic heterocycles. The van der Waals surface area contributed by atoms with Crippen molar-refractivity contribution in [2.24, 2.45) is 0 Å². The Bertz CT molecular complexity index is 1040. The normalized spacial score (nSPS) is 10.5. The second-order valence-corrected chi connectivity index (χ2v) is 7.04. The highest BCUT2D eigenvalue weighted by molar-refractivity contribution is 6.32. The van der Waals surface area contributed by atoms with E-state index in [0.717, 1.165) is 12.0 Å². The summed E-state index contributed by atoms with van der Waals surface area (Å²) in [7, 11) is 0. The first-order valence-electron chi connectivity index (χ1n) is 9.97. The molecule has 0 spiro atoms. The molecule has 1 aromatic heterocycles. The van der Waals surface area contributed by atoms with Crippen LogP contribution in [0.1, 0.15) is 36.2 Å². The number of hydrogen-bond acceptors (Lipinski definition) is 6. The molecule has 3 aromatic rings. The van der Waals surface area contributed by atoms with Gasteiger partial charge in [-0.1, -0.05) is 18.5 Å². The van der Waals surface area contributed by atoms with Crippen molar-refractivity contribution in [3.05, 3.63) is 64.9 Å². The Morgan fingerprint density at radius 2 is 1.87 bits per heavy atom. The minimum Gasteiger partial charge on any atom is -0.490 e. The molecule has 1 heterocycles. The Morgan fingerprint density at radius 3 is 2.55 bits per heavy atom. The molecular weight excluding hydrogens is 418 g/mol. The third kappa shape index (κ3) is 5.86. The maximum absolute atomic E-state index is 12.9. The number of nitrogens with zero attached hydrogens (tertiary/aromatic N) is 2. The Hall–Kier alpha value is -3.32. The van der Waals surface area contributed by atoms with Crippen molar-refractivity contribution in [2.75, 3.05) is 18.5 Å². The number of benzene rings is 2. The number of aryl methyl sites for hydroxylation is 1. The van der Waals surface area contributed by atoms with Crippen LogP contribution in [0.3, 0.4) is 0 Å². The van der Waals surface area contributed by atoms with E-state index in [1.807, 2.05) is 20.8 Å². The van der Waals surface area contributed by atoms with Crippen LogP contribution >= 0.6 is 11.6 Å². The van der Waals surface area contributed by atoms with Gasteiger partial charge in [-0.25, -0.2) is 9.97 Å². The zero-order valence-corrected chi connectivity index (χ0v) is 18.4. The first-order valence-corrected chi connectivity index (χ1v) is 10.4. The summed E-state index contributed by atoms with van der Waals surface area (Å²) in [5, 5.41) is 3.22. The summed E-state index contributed by atoms with van der Waals surface area (Å²) in [4.78, 5) is 20.9. The van der Waals surface area contributed by atoms with Crippen LogP contribution in [0.4, 0.5) is 5.69 Å². The van der Waals surface area contributed by atoms with Crippen molar-refractivity contribution in [3.8, 4) is 23.3 Å². The molecule has 0 saturated heterocycles. The summed E-state index contributed by atoms with van der Waals surface area (Å²) in [6, 6.07) is 10.5. The second-order valence-electron chi connectivity index (χ2n) is 6.63. The van der Waals surface area contributed by atoms with Gasteiger partial charge in [0.1, 0.15) is 5.75 Å². The van der Waals surface area contributed by atoms with Crippen molar-refractivity contribution in [3.63, 3.8) is 0 Å². The van der Waals surface area contributed by atoms with Crippen LogP contribution in [-0.4, -0.2) is 29.1 Å². The molecular formula is C23H24ClN3O4. The number of hydrogen-bond donors (Lipinski definition) is 1. The van der Waals surface area contributed by atoms with Gasteiger partial charge in [0.05, 0.1) is 18.2 Å². The van der Waals surface area contributed by atoms with Crippen LogP contribution in [0.25, 0.3) is 0 Å². The molecule has 0 aliphatic carbocycles. The fourth-order valence-electron chi connectivity index (χ4n) is 2.78. The molecule has 0 fully saturated rings. The molecule has 31 heavy (non-hydrogen) atoms. The minimum atomic E-state index is -0.312. The zero-order valence-electron chi connectivity index (χ0n) is 17.6. The molecule has 3 rings (SSSR count). The number of carbonyl (C=O) groups is 1. The Labute approximate surface area is 186 Å². The molecule has 0 atom stereocenters. The van der Waals surface area contributed by atoms with Gasteiger partial charge in [-0.2, -0.15) is 0 Å². The lowest BCUT2D eigenvalue weighted by molar-refractivity contribution is 0.102. The summed E-state index contributed by atoms with van der Waals surface area (Å²) < 4.78 is 16.9. The van der Waals surface area contributed by atoms with Crippen LogP contribution in [0.15, 0.2) is 48.8 Å². The van der Waals surface area contributed by atoms with Crippen LogP contribution in [0, 0.1) is 6.92 Å². The summed E-state index contributed by atoms with van der Waals surface area (Å²) in [5.74, 6) is 1.15. The largest absolute Gasteiger partial charge is 0.490 e. The molecule has 162 valence electrons. The fraction of sp³-hybridized carbons (Fsp3) is 0.261. The molecule has 1 N–H and O–H groups in total. The standard InChI is InChI=1S/C23H24ClN3O4/c1-4-11-30-21-18(24)13-16(14-20(21)29-5-2)22(28)27-19-8-7-17(12-15(19)3)31-23-25-9-6-10-26-23/h6-10,12-14H,4-5,11H2,1-3H3,(H,27,28).